The number of ether oxygens (including phenoxy) is 1. The summed E-state index contributed by atoms with van der Waals surface area (Å²) >= 11 is 13.7. The van der Waals surface area contributed by atoms with E-state index in [0.29, 0.717) is 27.0 Å². The van der Waals surface area contributed by atoms with Crippen molar-refractivity contribution in [2.24, 2.45) is 0 Å². The van der Waals surface area contributed by atoms with Crippen LogP contribution in [0.3, 0.4) is 0 Å². The molecule has 0 unspecified atom stereocenters. The summed E-state index contributed by atoms with van der Waals surface area (Å²) in [6.07, 6.45) is 1.94. The molecule has 0 radical (unpaired) electrons. The first-order chi connectivity index (χ1) is 10.5. The molecule has 6 heteroatoms. The summed E-state index contributed by atoms with van der Waals surface area (Å²) in [6.45, 7) is 1.86. The molecular formula is C16H15Cl2NO2S. The first-order valence-electron chi connectivity index (χ1n) is 6.45. The fourth-order valence-electron chi connectivity index (χ4n) is 1.92. The number of hydrogen-bond donors (Lipinski definition) is 1. The van der Waals surface area contributed by atoms with Gasteiger partial charge < -0.3 is 10.1 Å². The molecule has 3 nitrogen and oxygen atoms in total. The van der Waals surface area contributed by atoms with Gasteiger partial charge in [-0.3, -0.25) is 4.79 Å². The number of thioether (sulfide) groups is 1. The van der Waals surface area contributed by atoms with Gasteiger partial charge in [-0.25, -0.2) is 0 Å². The van der Waals surface area contributed by atoms with Gasteiger partial charge in [0.1, 0.15) is 5.75 Å². The molecule has 0 aliphatic carbocycles. The van der Waals surface area contributed by atoms with Crippen molar-refractivity contribution in [1.82, 2.24) is 0 Å². The molecule has 0 fully saturated rings. The van der Waals surface area contributed by atoms with E-state index in [4.69, 9.17) is 27.9 Å². The third kappa shape index (κ3) is 3.69. The monoisotopic (exact) mass is 355 g/mol. The van der Waals surface area contributed by atoms with Gasteiger partial charge in [0.2, 0.25) is 0 Å². The highest BCUT2D eigenvalue weighted by molar-refractivity contribution is 7.98. The quantitative estimate of drug-likeness (QED) is 0.757. The van der Waals surface area contributed by atoms with Crippen molar-refractivity contribution in [2.45, 2.75) is 11.8 Å². The van der Waals surface area contributed by atoms with Crippen molar-refractivity contribution < 1.29 is 9.53 Å². The Morgan fingerprint density at radius 1 is 1.18 bits per heavy atom. The van der Waals surface area contributed by atoms with E-state index in [2.05, 4.69) is 5.32 Å². The summed E-state index contributed by atoms with van der Waals surface area (Å²) in [5.74, 6) is 0.210. The van der Waals surface area contributed by atoms with Crippen LogP contribution in [-0.2, 0) is 0 Å². The first kappa shape index (κ1) is 17.0. The lowest BCUT2D eigenvalue weighted by Gasteiger charge is -2.13. The van der Waals surface area contributed by atoms with Crippen LogP contribution in [-0.4, -0.2) is 19.3 Å². The molecule has 0 heterocycles. The highest BCUT2D eigenvalue weighted by atomic mass is 35.5. The van der Waals surface area contributed by atoms with E-state index in [1.165, 1.54) is 7.11 Å². The van der Waals surface area contributed by atoms with Crippen molar-refractivity contribution in [3.8, 4) is 5.75 Å². The maximum atomic E-state index is 12.5. The van der Waals surface area contributed by atoms with Crippen molar-refractivity contribution in [2.75, 3.05) is 18.7 Å². The number of carbonyl (C=O) groups excluding carboxylic acids is 1. The minimum Gasteiger partial charge on any atom is -0.495 e. The van der Waals surface area contributed by atoms with Crippen LogP contribution < -0.4 is 10.1 Å². The number of aryl methyl sites for hydroxylation is 1. The molecule has 2 aromatic rings. The predicted octanol–water partition coefficient (Wildman–Crippen LogP) is 5.28. The number of anilines is 1. The number of benzene rings is 2. The second-order valence-electron chi connectivity index (χ2n) is 4.60. The van der Waals surface area contributed by atoms with Gasteiger partial charge in [-0.15, -0.1) is 11.8 Å². The summed E-state index contributed by atoms with van der Waals surface area (Å²) in [7, 11) is 1.53. The van der Waals surface area contributed by atoms with Crippen LogP contribution in [0.4, 0.5) is 5.69 Å². The molecule has 0 saturated carbocycles. The second kappa shape index (κ2) is 7.27. The van der Waals surface area contributed by atoms with E-state index >= 15 is 0 Å². The van der Waals surface area contributed by atoms with Gasteiger partial charge in [-0.2, -0.15) is 0 Å². The molecule has 0 spiro atoms. The Labute approximate surface area is 144 Å². The van der Waals surface area contributed by atoms with Crippen LogP contribution in [0.1, 0.15) is 15.9 Å². The van der Waals surface area contributed by atoms with Gasteiger partial charge in [0.15, 0.2) is 0 Å². The van der Waals surface area contributed by atoms with Crippen molar-refractivity contribution in [1.29, 1.82) is 0 Å². The van der Waals surface area contributed by atoms with E-state index in [0.717, 1.165) is 10.5 Å². The number of nitrogens with one attached hydrogen (secondary N) is 1. The van der Waals surface area contributed by atoms with Gasteiger partial charge in [0, 0.05) is 16.0 Å². The highest BCUT2D eigenvalue weighted by Gasteiger charge is 2.15. The van der Waals surface area contributed by atoms with Crippen LogP contribution >= 0.6 is 35.0 Å². The molecule has 22 heavy (non-hydrogen) atoms. The standard InChI is InChI=1S/C16H15Cl2NO2S/c1-9-6-14(15(21-2)8-13(9)18)19-16(20)11-7-10(22-3)4-5-12(11)17/h4-8H,1-3H3,(H,19,20). The zero-order valence-corrected chi connectivity index (χ0v) is 14.7. The van der Waals surface area contributed by atoms with Gasteiger partial charge in [0.25, 0.3) is 5.91 Å². The summed E-state index contributed by atoms with van der Waals surface area (Å²) in [5, 5.41) is 3.81. The first-order valence-corrected chi connectivity index (χ1v) is 8.43. The molecule has 0 saturated heterocycles. The maximum absolute atomic E-state index is 12.5. The third-order valence-corrected chi connectivity index (χ3v) is 4.61. The zero-order valence-electron chi connectivity index (χ0n) is 12.4. The molecule has 0 aliphatic heterocycles. The van der Waals surface area contributed by atoms with E-state index in [9.17, 15) is 4.79 Å². The van der Waals surface area contributed by atoms with Gasteiger partial charge in [-0.05, 0) is 43.0 Å². The Kier molecular flexibility index (Phi) is 5.62. The van der Waals surface area contributed by atoms with Gasteiger partial charge in [-0.1, -0.05) is 23.2 Å². The average molecular weight is 356 g/mol. The van der Waals surface area contributed by atoms with Crippen LogP contribution in [0.5, 0.6) is 5.75 Å². The fraction of sp³-hybridized carbons (Fsp3) is 0.188. The molecule has 0 atom stereocenters. The van der Waals surface area contributed by atoms with E-state index in [-0.39, 0.29) is 5.91 Å². The number of rotatable bonds is 4. The van der Waals surface area contributed by atoms with E-state index in [1.807, 2.05) is 19.2 Å². The second-order valence-corrected chi connectivity index (χ2v) is 6.30. The molecule has 2 aromatic carbocycles. The predicted molar refractivity (Wildman–Crippen MR) is 93.9 cm³/mol. The summed E-state index contributed by atoms with van der Waals surface area (Å²) in [4.78, 5) is 13.4. The van der Waals surface area contributed by atoms with Crippen molar-refractivity contribution in [3.05, 3.63) is 51.5 Å². The van der Waals surface area contributed by atoms with Crippen molar-refractivity contribution >= 4 is 46.6 Å². The minimum atomic E-state index is -0.291. The smallest absolute Gasteiger partial charge is 0.257 e. The normalized spacial score (nSPS) is 10.4. The molecule has 0 bridgehead atoms. The minimum absolute atomic E-state index is 0.291. The molecule has 1 N–H and O–H groups in total. The number of halogens is 2. The van der Waals surface area contributed by atoms with Crippen LogP contribution in [0.15, 0.2) is 35.2 Å². The highest BCUT2D eigenvalue weighted by Crippen LogP contribution is 2.32. The molecule has 1 amide bonds. The lowest BCUT2D eigenvalue weighted by Crippen LogP contribution is -2.13. The Bertz CT molecular complexity index is 720. The van der Waals surface area contributed by atoms with E-state index in [1.54, 1.807) is 36.0 Å². The van der Waals surface area contributed by atoms with E-state index < -0.39 is 0 Å². The molecular weight excluding hydrogens is 341 g/mol. The van der Waals surface area contributed by atoms with Crippen LogP contribution in [0.25, 0.3) is 0 Å². The number of hydrogen-bond acceptors (Lipinski definition) is 3. The molecule has 0 aliphatic rings. The summed E-state index contributed by atoms with van der Waals surface area (Å²) in [6, 6.07) is 8.79. The average Bonchev–Trinajstić information content (AvgIpc) is 2.51. The third-order valence-electron chi connectivity index (χ3n) is 3.15. The van der Waals surface area contributed by atoms with Crippen LogP contribution in [0, 0.1) is 6.92 Å². The molecule has 2 rings (SSSR count). The number of carbonyl (C=O) groups is 1. The molecule has 116 valence electrons. The topological polar surface area (TPSA) is 38.3 Å². The fourth-order valence-corrected chi connectivity index (χ4v) is 2.72. The lowest BCUT2D eigenvalue weighted by atomic mass is 10.1. The van der Waals surface area contributed by atoms with Gasteiger partial charge >= 0.3 is 0 Å². The Morgan fingerprint density at radius 3 is 2.55 bits per heavy atom. The lowest BCUT2D eigenvalue weighted by molar-refractivity contribution is 0.102. The van der Waals surface area contributed by atoms with Crippen molar-refractivity contribution in [3.63, 3.8) is 0 Å². The zero-order chi connectivity index (χ0) is 16.3. The Hall–Kier alpha value is -1.36. The Balaban J connectivity index is 2.35. The summed E-state index contributed by atoms with van der Waals surface area (Å²) < 4.78 is 5.26. The van der Waals surface area contributed by atoms with Crippen LogP contribution in [0.2, 0.25) is 10.0 Å². The molecule has 0 aromatic heterocycles. The number of methoxy groups -OCH3 is 1. The SMILES string of the molecule is COc1cc(Cl)c(C)cc1NC(=O)c1cc(SC)ccc1Cl. The number of amides is 1. The summed E-state index contributed by atoms with van der Waals surface area (Å²) in [5.41, 5.74) is 1.82. The van der Waals surface area contributed by atoms with Gasteiger partial charge in [0.05, 0.1) is 23.4 Å². The largest absolute Gasteiger partial charge is 0.495 e. The Morgan fingerprint density at radius 2 is 1.91 bits per heavy atom. The maximum Gasteiger partial charge on any atom is 0.257 e.